The molecule has 1 atom stereocenters. The molecular weight excluding hydrogens is 388 g/mol. The van der Waals surface area contributed by atoms with Crippen molar-refractivity contribution in [2.24, 2.45) is 0 Å². The highest BCUT2D eigenvalue weighted by Gasteiger charge is 2.13. The van der Waals surface area contributed by atoms with Crippen LogP contribution in [0, 0.1) is 0 Å². The standard InChI is InChI=1S/C22H18N2O2S2/c25-21-19-13-7-8-14-20(19)23-22(24(21)17-9-3-1-4-10-17)27-15-16-28(26)18-11-5-2-6-12-18/h1-14H,15-16H2/t28-/m0/s1. The molecule has 4 nitrogen and oxygen atoms in total. The zero-order valence-corrected chi connectivity index (χ0v) is 16.7. The van der Waals surface area contributed by atoms with Crippen molar-refractivity contribution in [3.05, 3.63) is 95.3 Å². The molecule has 4 rings (SSSR count). The van der Waals surface area contributed by atoms with Crippen molar-refractivity contribution in [3.63, 3.8) is 0 Å². The van der Waals surface area contributed by atoms with E-state index < -0.39 is 10.8 Å². The van der Waals surface area contributed by atoms with Gasteiger partial charge in [-0.2, -0.15) is 0 Å². The largest absolute Gasteiger partial charge is 0.268 e. The molecule has 0 saturated carbocycles. The second kappa shape index (κ2) is 8.54. The maximum Gasteiger partial charge on any atom is 0.266 e. The van der Waals surface area contributed by atoms with Crippen molar-refractivity contribution in [2.45, 2.75) is 10.1 Å². The fraction of sp³-hybridized carbons (Fsp3) is 0.0909. The molecule has 0 aliphatic carbocycles. The monoisotopic (exact) mass is 406 g/mol. The van der Waals surface area contributed by atoms with Crippen LogP contribution in [0.25, 0.3) is 16.6 Å². The average Bonchev–Trinajstić information content (AvgIpc) is 2.75. The molecule has 0 aliphatic heterocycles. The molecule has 0 saturated heterocycles. The SMILES string of the molecule is O=c1c2ccccc2nc(SCC[S@](=O)c2ccccc2)n1-c1ccccc1. The predicted molar refractivity (Wildman–Crippen MR) is 116 cm³/mol. The van der Waals surface area contributed by atoms with Crippen LogP contribution >= 0.6 is 11.8 Å². The Morgan fingerprint density at radius 3 is 2.25 bits per heavy atom. The molecular formula is C22H18N2O2S2. The zero-order valence-electron chi connectivity index (χ0n) is 15.0. The van der Waals surface area contributed by atoms with Crippen molar-refractivity contribution in [3.8, 4) is 5.69 Å². The highest BCUT2D eigenvalue weighted by Crippen LogP contribution is 2.22. The van der Waals surface area contributed by atoms with Gasteiger partial charge in [0.1, 0.15) is 0 Å². The van der Waals surface area contributed by atoms with Gasteiger partial charge in [0, 0.05) is 16.4 Å². The second-order valence-corrected chi connectivity index (χ2v) is 8.73. The van der Waals surface area contributed by atoms with Gasteiger partial charge in [0.2, 0.25) is 0 Å². The summed E-state index contributed by atoms with van der Waals surface area (Å²) in [5, 5.41) is 1.20. The first kappa shape index (κ1) is 18.7. The molecule has 0 bridgehead atoms. The van der Waals surface area contributed by atoms with Crippen LogP contribution < -0.4 is 5.56 Å². The number of aromatic nitrogens is 2. The van der Waals surface area contributed by atoms with Gasteiger partial charge in [-0.1, -0.05) is 60.3 Å². The lowest BCUT2D eigenvalue weighted by molar-refractivity contribution is 0.684. The number of hydrogen-bond acceptors (Lipinski definition) is 4. The van der Waals surface area contributed by atoms with E-state index in [4.69, 9.17) is 4.98 Å². The van der Waals surface area contributed by atoms with Crippen molar-refractivity contribution >= 4 is 33.5 Å². The van der Waals surface area contributed by atoms with E-state index in [1.807, 2.05) is 78.9 Å². The molecule has 0 unspecified atom stereocenters. The Balaban J connectivity index is 1.66. The third-order valence-electron chi connectivity index (χ3n) is 4.27. The molecule has 0 N–H and O–H groups in total. The summed E-state index contributed by atoms with van der Waals surface area (Å²) in [7, 11) is -1.08. The Kier molecular flexibility index (Phi) is 5.69. The Morgan fingerprint density at radius 1 is 0.857 bits per heavy atom. The van der Waals surface area contributed by atoms with E-state index in [2.05, 4.69) is 0 Å². The Labute approximate surface area is 169 Å². The van der Waals surface area contributed by atoms with E-state index in [0.29, 0.717) is 27.6 Å². The van der Waals surface area contributed by atoms with Gasteiger partial charge in [0.15, 0.2) is 5.16 Å². The molecule has 0 aliphatic rings. The maximum atomic E-state index is 13.1. The van der Waals surface area contributed by atoms with Crippen LogP contribution in [-0.4, -0.2) is 25.3 Å². The van der Waals surface area contributed by atoms with Crippen molar-refractivity contribution in [1.82, 2.24) is 9.55 Å². The molecule has 4 aromatic rings. The summed E-state index contributed by atoms with van der Waals surface area (Å²) >= 11 is 1.45. The average molecular weight is 407 g/mol. The van der Waals surface area contributed by atoms with Crippen molar-refractivity contribution < 1.29 is 4.21 Å². The normalized spacial score (nSPS) is 12.1. The van der Waals surface area contributed by atoms with E-state index >= 15 is 0 Å². The second-order valence-electron chi connectivity index (χ2n) is 6.10. The summed E-state index contributed by atoms with van der Waals surface area (Å²) in [5.74, 6) is 1.09. The quantitative estimate of drug-likeness (QED) is 0.354. The molecule has 1 heterocycles. The van der Waals surface area contributed by atoms with E-state index in [1.165, 1.54) is 11.8 Å². The minimum absolute atomic E-state index is 0.0940. The van der Waals surface area contributed by atoms with Crippen LogP contribution in [0.2, 0.25) is 0 Å². The van der Waals surface area contributed by atoms with Gasteiger partial charge in [-0.05, 0) is 36.4 Å². The van der Waals surface area contributed by atoms with Crippen LogP contribution in [0.3, 0.4) is 0 Å². The lowest BCUT2D eigenvalue weighted by Gasteiger charge is -2.13. The van der Waals surface area contributed by atoms with Gasteiger partial charge in [-0.3, -0.25) is 13.6 Å². The fourth-order valence-corrected chi connectivity index (χ4v) is 5.21. The number of thioether (sulfide) groups is 1. The van der Waals surface area contributed by atoms with E-state index in [1.54, 1.807) is 10.6 Å². The summed E-state index contributed by atoms with van der Waals surface area (Å²) in [6.45, 7) is 0. The summed E-state index contributed by atoms with van der Waals surface area (Å²) in [4.78, 5) is 18.6. The number of para-hydroxylation sites is 2. The fourth-order valence-electron chi connectivity index (χ4n) is 2.91. The first-order chi connectivity index (χ1) is 13.7. The van der Waals surface area contributed by atoms with E-state index in [-0.39, 0.29) is 5.56 Å². The summed E-state index contributed by atoms with van der Waals surface area (Å²) < 4.78 is 14.1. The summed E-state index contributed by atoms with van der Waals surface area (Å²) in [5.41, 5.74) is 1.35. The zero-order chi connectivity index (χ0) is 19.3. The molecule has 140 valence electrons. The van der Waals surface area contributed by atoms with Gasteiger partial charge in [0.25, 0.3) is 5.56 Å². The molecule has 28 heavy (non-hydrogen) atoms. The molecule has 6 heteroatoms. The molecule has 1 aromatic heterocycles. The Morgan fingerprint density at radius 2 is 1.50 bits per heavy atom. The molecule has 0 radical (unpaired) electrons. The molecule has 0 amide bonds. The summed E-state index contributed by atoms with van der Waals surface area (Å²) in [6, 6.07) is 26.3. The number of rotatable bonds is 6. The first-order valence-electron chi connectivity index (χ1n) is 8.87. The van der Waals surface area contributed by atoms with E-state index in [9.17, 15) is 9.00 Å². The van der Waals surface area contributed by atoms with Crippen molar-refractivity contribution in [2.75, 3.05) is 11.5 Å². The third-order valence-corrected chi connectivity index (χ3v) is 6.84. The summed E-state index contributed by atoms with van der Waals surface area (Å²) in [6.07, 6.45) is 0. The lowest BCUT2D eigenvalue weighted by Crippen LogP contribution is -2.22. The van der Waals surface area contributed by atoms with Crippen LogP contribution in [0.15, 0.2) is 99.8 Å². The molecule has 3 aromatic carbocycles. The van der Waals surface area contributed by atoms with Gasteiger partial charge in [-0.15, -0.1) is 0 Å². The number of benzene rings is 3. The minimum Gasteiger partial charge on any atom is -0.268 e. The van der Waals surface area contributed by atoms with Crippen LogP contribution in [0.5, 0.6) is 0 Å². The van der Waals surface area contributed by atoms with Gasteiger partial charge >= 0.3 is 0 Å². The highest BCUT2D eigenvalue weighted by atomic mass is 32.2. The number of fused-ring (bicyclic) bond motifs is 1. The van der Waals surface area contributed by atoms with Gasteiger partial charge in [0.05, 0.1) is 27.4 Å². The van der Waals surface area contributed by atoms with Crippen LogP contribution in [0.4, 0.5) is 0 Å². The first-order valence-corrected chi connectivity index (χ1v) is 11.2. The maximum absolute atomic E-state index is 13.1. The Hall–Kier alpha value is -2.70. The number of nitrogens with zero attached hydrogens (tertiary/aromatic N) is 2. The van der Waals surface area contributed by atoms with E-state index in [0.717, 1.165) is 10.6 Å². The smallest absolute Gasteiger partial charge is 0.266 e. The molecule has 0 spiro atoms. The predicted octanol–water partition coefficient (Wildman–Crippen LogP) is 4.29. The third kappa shape index (κ3) is 3.93. The highest BCUT2D eigenvalue weighted by molar-refractivity contribution is 8.00. The number of hydrogen-bond donors (Lipinski definition) is 0. The van der Waals surface area contributed by atoms with Crippen molar-refractivity contribution in [1.29, 1.82) is 0 Å². The van der Waals surface area contributed by atoms with Gasteiger partial charge in [-0.25, -0.2) is 4.98 Å². The van der Waals surface area contributed by atoms with Gasteiger partial charge < -0.3 is 0 Å². The van der Waals surface area contributed by atoms with Crippen LogP contribution in [0.1, 0.15) is 0 Å². The lowest BCUT2D eigenvalue weighted by atomic mass is 10.2. The molecule has 0 fully saturated rings. The Bertz CT molecular complexity index is 1180. The topological polar surface area (TPSA) is 52.0 Å². The minimum atomic E-state index is -1.08. The van der Waals surface area contributed by atoms with Crippen LogP contribution in [-0.2, 0) is 10.8 Å².